The number of carbonyl (C=O) groups is 1. The number of ether oxygens (including phenoxy) is 1. The van der Waals surface area contributed by atoms with Crippen LogP contribution in [0.1, 0.15) is 23.7 Å². The van der Waals surface area contributed by atoms with Crippen molar-refractivity contribution in [3.05, 3.63) is 50.1 Å². The second-order valence-electron chi connectivity index (χ2n) is 3.69. The predicted octanol–water partition coefficient (Wildman–Crippen LogP) is 3.27. The Hall–Kier alpha value is -2.21. The van der Waals surface area contributed by atoms with Gasteiger partial charge in [-0.3, -0.25) is 0 Å². The molecule has 0 N–H and O–H groups in total. The van der Waals surface area contributed by atoms with Gasteiger partial charge >= 0.3 is 5.97 Å². The largest absolute Gasteiger partial charge is 0.462 e. The molecule has 1 aromatic rings. The van der Waals surface area contributed by atoms with Crippen LogP contribution in [0.5, 0.6) is 0 Å². The molecule has 0 aliphatic carbocycles. The summed E-state index contributed by atoms with van der Waals surface area (Å²) < 4.78 is 5.10. The molecule has 0 heterocycles. The van der Waals surface area contributed by atoms with Crippen molar-refractivity contribution in [3.63, 3.8) is 0 Å². The van der Waals surface area contributed by atoms with E-state index >= 15 is 0 Å². The first kappa shape index (κ1) is 25.0. The van der Waals surface area contributed by atoms with Crippen molar-refractivity contribution in [2.24, 2.45) is 0 Å². The standard InChI is InChI=1S/C11H14O2S2.2CH3NO3/c1-3-8-13-11(12)9-6-4-5-7-10(9)15-14-2;2*1-5-2(3)4/h4-7H,3,8H2,1-2H3;2*1H3. The average Bonchev–Trinajstić information content (AvgIpc) is 2.61. The normalized spacial score (nSPS) is 8.64. The first-order valence-corrected chi connectivity index (χ1v) is 9.23. The molecular weight excluding hydrogens is 376 g/mol. The van der Waals surface area contributed by atoms with Crippen LogP contribution in [0.2, 0.25) is 0 Å². The Kier molecular flexibility index (Phi) is 16.7. The summed E-state index contributed by atoms with van der Waals surface area (Å²) in [6.07, 6.45) is 2.84. The number of hydrogen-bond acceptors (Lipinski definition) is 10. The second kappa shape index (κ2) is 16.6. The number of carbonyl (C=O) groups excluding carboxylic acids is 1. The van der Waals surface area contributed by atoms with Crippen molar-refractivity contribution < 1.29 is 29.4 Å². The zero-order chi connectivity index (χ0) is 19.7. The first-order valence-electron chi connectivity index (χ1n) is 6.67. The van der Waals surface area contributed by atoms with E-state index in [-0.39, 0.29) is 5.97 Å². The molecule has 0 fully saturated rings. The summed E-state index contributed by atoms with van der Waals surface area (Å²) in [6, 6.07) is 7.52. The van der Waals surface area contributed by atoms with E-state index < -0.39 is 10.2 Å². The highest BCUT2D eigenvalue weighted by molar-refractivity contribution is 8.76. The summed E-state index contributed by atoms with van der Waals surface area (Å²) >= 11 is 0. The topological polar surface area (TPSA) is 131 Å². The summed E-state index contributed by atoms with van der Waals surface area (Å²) in [5, 5.41) is 16.2. The maximum absolute atomic E-state index is 11.7. The molecule has 0 aliphatic heterocycles. The van der Waals surface area contributed by atoms with E-state index in [0.29, 0.717) is 12.2 Å². The van der Waals surface area contributed by atoms with Gasteiger partial charge in [-0.05, 0) is 24.8 Å². The molecular formula is C13H20N2O8S2. The van der Waals surface area contributed by atoms with Crippen LogP contribution in [0.3, 0.4) is 0 Å². The number of rotatable bonds is 7. The van der Waals surface area contributed by atoms with Crippen molar-refractivity contribution in [1.29, 1.82) is 0 Å². The summed E-state index contributed by atoms with van der Waals surface area (Å²) in [7, 11) is 5.20. The van der Waals surface area contributed by atoms with Gasteiger partial charge in [0.2, 0.25) is 0 Å². The molecule has 25 heavy (non-hydrogen) atoms. The van der Waals surface area contributed by atoms with Gasteiger partial charge in [0.25, 0.3) is 10.2 Å². The molecule has 0 saturated carbocycles. The van der Waals surface area contributed by atoms with Gasteiger partial charge in [-0.25, -0.2) is 4.79 Å². The van der Waals surface area contributed by atoms with Crippen molar-refractivity contribution in [3.8, 4) is 0 Å². The highest BCUT2D eigenvalue weighted by Crippen LogP contribution is 2.31. The highest BCUT2D eigenvalue weighted by atomic mass is 33.1. The number of esters is 1. The van der Waals surface area contributed by atoms with Crippen molar-refractivity contribution in [1.82, 2.24) is 0 Å². The highest BCUT2D eigenvalue weighted by Gasteiger charge is 2.11. The number of hydrogen-bond donors (Lipinski definition) is 0. The Balaban J connectivity index is 0. The molecule has 1 rings (SSSR count). The lowest BCUT2D eigenvalue weighted by atomic mass is 10.2. The van der Waals surface area contributed by atoms with Crippen LogP contribution in [0, 0.1) is 20.2 Å². The zero-order valence-electron chi connectivity index (χ0n) is 14.2. The lowest BCUT2D eigenvalue weighted by molar-refractivity contribution is -0.749. The van der Waals surface area contributed by atoms with Gasteiger partial charge in [0, 0.05) is 4.90 Å². The lowest BCUT2D eigenvalue weighted by Gasteiger charge is -2.06. The Bertz CT molecular complexity index is 517. The minimum Gasteiger partial charge on any atom is -0.462 e. The maximum atomic E-state index is 11.7. The molecule has 0 amide bonds. The van der Waals surface area contributed by atoms with Crippen molar-refractivity contribution >= 4 is 27.6 Å². The van der Waals surface area contributed by atoms with Gasteiger partial charge < -0.3 is 14.4 Å². The predicted molar refractivity (Wildman–Crippen MR) is 94.4 cm³/mol. The van der Waals surface area contributed by atoms with Gasteiger partial charge in [0.1, 0.15) is 0 Å². The third-order valence-corrected chi connectivity index (χ3v) is 3.76. The molecule has 0 radical (unpaired) electrons. The van der Waals surface area contributed by atoms with E-state index in [2.05, 4.69) is 9.68 Å². The van der Waals surface area contributed by atoms with Gasteiger partial charge in [0.05, 0.1) is 26.4 Å². The van der Waals surface area contributed by atoms with Gasteiger partial charge in [-0.2, -0.15) is 0 Å². The fraction of sp³-hybridized carbons (Fsp3) is 0.462. The van der Waals surface area contributed by atoms with Crippen LogP contribution in [-0.2, 0) is 14.4 Å². The van der Waals surface area contributed by atoms with Crippen LogP contribution in [0.25, 0.3) is 0 Å². The average molecular weight is 396 g/mol. The van der Waals surface area contributed by atoms with Gasteiger partial charge in [0.15, 0.2) is 0 Å². The van der Waals surface area contributed by atoms with Crippen LogP contribution in [-0.4, -0.2) is 43.2 Å². The molecule has 0 unspecified atom stereocenters. The third-order valence-electron chi connectivity index (χ3n) is 2.02. The van der Waals surface area contributed by atoms with Gasteiger partial charge in [-0.1, -0.05) is 40.6 Å². The molecule has 1 aromatic carbocycles. The van der Waals surface area contributed by atoms with Crippen LogP contribution < -0.4 is 0 Å². The Morgan fingerprint density at radius 2 is 1.60 bits per heavy atom. The van der Waals surface area contributed by atoms with E-state index in [1.54, 1.807) is 27.7 Å². The van der Waals surface area contributed by atoms with E-state index in [4.69, 9.17) is 25.0 Å². The molecule has 0 spiro atoms. The molecule has 0 aliphatic rings. The SMILES string of the molecule is CCCOC(=O)c1ccccc1SSC.CO[N+](=O)[O-].CO[N+](=O)[O-]. The van der Waals surface area contributed by atoms with Crippen molar-refractivity contribution in [2.45, 2.75) is 18.2 Å². The fourth-order valence-corrected chi connectivity index (χ4v) is 2.60. The molecule has 0 atom stereocenters. The number of benzene rings is 1. The quantitative estimate of drug-likeness (QED) is 0.293. The minimum absolute atomic E-state index is 0.228. The first-order chi connectivity index (χ1) is 11.8. The van der Waals surface area contributed by atoms with Crippen LogP contribution >= 0.6 is 21.6 Å². The van der Waals surface area contributed by atoms with Crippen LogP contribution in [0.15, 0.2) is 29.2 Å². The van der Waals surface area contributed by atoms with E-state index in [1.807, 2.05) is 31.4 Å². The third kappa shape index (κ3) is 15.1. The molecule has 0 aromatic heterocycles. The molecule has 142 valence electrons. The lowest BCUT2D eigenvalue weighted by Crippen LogP contribution is -2.06. The zero-order valence-corrected chi connectivity index (χ0v) is 15.8. The van der Waals surface area contributed by atoms with E-state index in [9.17, 15) is 4.79 Å². The molecule has 0 saturated heterocycles. The van der Waals surface area contributed by atoms with Crippen molar-refractivity contribution in [2.75, 3.05) is 27.1 Å². The number of nitrogens with zero attached hydrogens (tertiary/aromatic N) is 2. The fourth-order valence-electron chi connectivity index (χ4n) is 1.07. The summed E-state index contributed by atoms with van der Waals surface area (Å²) in [4.78, 5) is 37.5. The Labute approximate surface area is 152 Å². The summed E-state index contributed by atoms with van der Waals surface area (Å²) in [6.45, 7) is 2.47. The Morgan fingerprint density at radius 1 is 1.12 bits per heavy atom. The van der Waals surface area contributed by atoms with E-state index in [0.717, 1.165) is 25.5 Å². The van der Waals surface area contributed by atoms with Crippen LogP contribution in [0.4, 0.5) is 0 Å². The van der Waals surface area contributed by atoms with Gasteiger partial charge in [-0.15, -0.1) is 20.2 Å². The molecule has 12 heteroatoms. The second-order valence-corrected chi connectivity index (χ2v) is 6.13. The maximum Gasteiger partial charge on any atom is 0.339 e. The Morgan fingerprint density at radius 3 is 2.00 bits per heavy atom. The minimum atomic E-state index is -0.875. The smallest absolute Gasteiger partial charge is 0.339 e. The summed E-state index contributed by atoms with van der Waals surface area (Å²) in [5.41, 5.74) is 0.658. The molecule has 10 nitrogen and oxygen atoms in total. The van der Waals surface area contributed by atoms with E-state index in [1.165, 1.54) is 0 Å². The monoisotopic (exact) mass is 396 g/mol. The summed E-state index contributed by atoms with van der Waals surface area (Å²) in [5.74, 6) is -0.228. The molecule has 0 bridgehead atoms.